The van der Waals surface area contributed by atoms with Crippen LogP contribution in [0.1, 0.15) is 12.5 Å². The van der Waals surface area contributed by atoms with E-state index in [1.165, 1.54) is 13.0 Å². The summed E-state index contributed by atoms with van der Waals surface area (Å²) in [4.78, 5) is 33.5. The van der Waals surface area contributed by atoms with E-state index in [0.717, 1.165) is 0 Å². The molecule has 118 valence electrons. The van der Waals surface area contributed by atoms with E-state index < -0.39 is 4.92 Å². The van der Waals surface area contributed by atoms with Crippen molar-refractivity contribution in [1.82, 2.24) is 0 Å². The summed E-state index contributed by atoms with van der Waals surface area (Å²) < 4.78 is 0. The molecule has 23 heavy (non-hydrogen) atoms. The Morgan fingerprint density at radius 3 is 2.35 bits per heavy atom. The molecule has 0 bridgehead atoms. The maximum atomic E-state index is 12.1. The van der Waals surface area contributed by atoms with Gasteiger partial charge in [0, 0.05) is 29.9 Å². The molecular formula is C16H15N3O4. The number of nitrogens with one attached hydrogen (secondary N) is 2. The minimum Gasteiger partial charge on any atom is -0.326 e. The molecule has 0 fully saturated rings. The summed E-state index contributed by atoms with van der Waals surface area (Å²) in [5.74, 6) is -0.590. The van der Waals surface area contributed by atoms with Crippen LogP contribution in [0.2, 0.25) is 0 Å². The van der Waals surface area contributed by atoms with Crippen LogP contribution in [0, 0.1) is 10.1 Å². The molecule has 0 aliphatic carbocycles. The fraction of sp³-hybridized carbons (Fsp3) is 0.125. The highest BCUT2D eigenvalue weighted by atomic mass is 16.6. The number of nitro benzene ring substituents is 1. The quantitative estimate of drug-likeness (QED) is 0.654. The van der Waals surface area contributed by atoms with E-state index in [9.17, 15) is 19.7 Å². The first kappa shape index (κ1) is 16.2. The van der Waals surface area contributed by atoms with Gasteiger partial charge in [0.1, 0.15) is 0 Å². The van der Waals surface area contributed by atoms with E-state index in [0.29, 0.717) is 16.9 Å². The lowest BCUT2D eigenvalue weighted by Gasteiger charge is -2.08. The van der Waals surface area contributed by atoms with E-state index in [1.807, 2.05) is 0 Å². The van der Waals surface area contributed by atoms with Gasteiger partial charge in [-0.1, -0.05) is 24.3 Å². The highest BCUT2D eigenvalue weighted by Gasteiger charge is 2.15. The molecule has 0 atom stereocenters. The number of hydrogen-bond donors (Lipinski definition) is 2. The number of nitro groups is 1. The van der Waals surface area contributed by atoms with Crippen molar-refractivity contribution in [1.29, 1.82) is 0 Å². The topological polar surface area (TPSA) is 101 Å². The van der Waals surface area contributed by atoms with Crippen LogP contribution in [0.5, 0.6) is 0 Å². The van der Waals surface area contributed by atoms with Gasteiger partial charge in [-0.25, -0.2) is 0 Å². The van der Waals surface area contributed by atoms with E-state index in [2.05, 4.69) is 10.6 Å². The summed E-state index contributed by atoms with van der Waals surface area (Å²) in [6.07, 6.45) is -0.110. The van der Waals surface area contributed by atoms with Gasteiger partial charge in [-0.3, -0.25) is 19.7 Å². The zero-order valence-corrected chi connectivity index (χ0v) is 12.4. The summed E-state index contributed by atoms with van der Waals surface area (Å²) >= 11 is 0. The number of carbonyl (C=O) groups excluding carboxylic acids is 2. The summed E-state index contributed by atoms with van der Waals surface area (Å²) in [6.45, 7) is 1.39. The zero-order valence-electron chi connectivity index (χ0n) is 12.4. The van der Waals surface area contributed by atoms with Gasteiger partial charge in [-0.15, -0.1) is 0 Å². The van der Waals surface area contributed by atoms with Gasteiger partial charge < -0.3 is 10.6 Å². The summed E-state index contributed by atoms with van der Waals surface area (Å²) in [5.41, 5.74) is 1.31. The average molecular weight is 313 g/mol. The highest BCUT2D eigenvalue weighted by Crippen LogP contribution is 2.19. The lowest BCUT2D eigenvalue weighted by Crippen LogP contribution is -2.15. The maximum absolute atomic E-state index is 12.1. The molecule has 7 nitrogen and oxygen atoms in total. The smallest absolute Gasteiger partial charge is 0.273 e. The van der Waals surface area contributed by atoms with Crippen molar-refractivity contribution in [2.24, 2.45) is 0 Å². The van der Waals surface area contributed by atoms with Crippen molar-refractivity contribution in [2.75, 3.05) is 10.6 Å². The van der Waals surface area contributed by atoms with E-state index in [-0.39, 0.29) is 23.9 Å². The van der Waals surface area contributed by atoms with Crippen molar-refractivity contribution in [3.05, 3.63) is 64.2 Å². The number of amides is 2. The summed E-state index contributed by atoms with van der Waals surface area (Å²) in [6, 6.07) is 12.8. The third-order valence-electron chi connectivity index (χ3n) is 3.01. The van der Waals surface area contributed by atoms with Crippen LogP contribution in [-0.2, 0) is 16.0 Å². The Balaban J connectivity index is 2.08. The van der Waals surface area contributed by atoms with Gasteiger partial charge in [0.25, 0.3) is 5.69 Å². The van der Waals surface area contributed by atoms with Crippen LogP contribution >= 0.6 is 0 Å². The summed E-state index contributed by atoms with van der Waals surface area (Å²) in [7, 11) is 0. The monoisotopic (exact) mass is 313 g/mol. The highest BCUT2D eigenvalue weighted by molar-refractivity contribution is 5.94. The van der Waals surface area contributed by atoms with Crippen LogP contribution < -0.4 is 10.6 Å². The summed E-state index contributed by atoms with van der Waals surface area (Å²) in [5, 5.41) is 16.2. The number of benzene rings is 2. The first-order valence-corrected chi connectivity index (χ1v) is 6.85. The molecule has 0 heterocycles. The first-order chi connectivity index (χ1) is 11.0. The molecule has 0 aliphatic heterocycles. The van der Waals surface area contributed by atoms with Crippen molar-refractivity contribution < 1.29 is 14.5 Å². The first-order valence-electron chi connectivity index (χ1n) is 6.85. The predicted molar refractivity (Wildman–Crippen MR) is 86.2 cm³/mol. The number of carbonyl (C=O) groups is 2. The predicted octanol–water partition coefficient (Wildman–Crippen LogP) is 2.73. The van der Waals surface area contributed by atoms with Gasteiger partial charge in [0.05, 0.1) is 11.3 Å². The molecule has 0 unspecified atom stereocenters. The molecule has 0 spiro atoms. The molecule has 7 heteroatoms. The van der Waals surface area contributed by atoms with Crippen molar-refractivity contribution in [3.63, 3.8) is 0 Å². The van der Waals surface area contributed by atoms with Crippen LogP contribution in [0.15, 0.2) is 48.5 Å². The Morgan fingerprint density at radius 2 is 1.70 bits per heavy atom. The second kappa shape index (κ2) is 7.17. The Kier molecular flexibility index (Phi) is 5.03. The second-order valence-electron chi connectivity index (χ2n) is 4.87. The van der Waals surface area contributed by atoms with E-state index in [1.54, 1.807) is 42.5 Å². The fourth-order valence-corrected chi connectivity index (χ4v) is 2.09. The lowest BCUT2D eigenvalue weighted by atomic mass is 10.1. The Bertz CT molecular complexity index is 758. The normalized spacial score (nSPS) is 9.96. The third-order valence-corrected chi connectivity index (χ3v) is 3.01. The van der Waals surface area contributed by atoms with Crippen LogP contribution in [0.3, 0.4) is 0 Å². The molecule has 0 radical (unpaired) electrons. The van der Waals surface area contributed by atoms with Crippen molar-refractivity contribution in [3.8, 4) is 0 Å². The van der Waals surface area contributed by atoms with Gasteiger partial charge in [0.2, 0.25) is 11.8 Å². The van der Waals surface area contributed by atoms with Gasteiger partial charge >= 0.3 is 0 Å². The molecule has 0 saturated heterocycles. The molecule has 2 aromatic rings. The largest absolute Gasteiger partial charge is 0.326 e. The Hall–Kier alpha value is -3.22. The zero-order chi connectivity index (χ0) is 16.8. The molecule has 2 rings (SSSR count). The molecule has 0 aromatic heterocycles. The maximum Gasteiger partial charge on any atom is 0.273 e. The fourth-order valence-electron chi connectivity index (χ4n) is 2.09. The number of hydrogen-bond acceptors (Lipinski definition) is 4. The number of nitrogens with zero attached hydrogens (tertiary/aromatic N) is 1. The molecule has 2 N–H and O–H groups in total. The van der Waals surface area contributed by atoms with Crippen LogP contribution in [0.4, 0.5) is 17.1 Å². The van der Waals surface area contributed by atoms with Gasteiger partial charge in [0.15, 0.2) is 0 Å². The van der Waals surface area contributed by atoms with Crippen LogP contribution in [0.25, 0.3) is 0 Å². The molecular weight excluding hydrogens is 298 g/mol. The third kappa shape index (κ3) is 4.63. The molecule has 2 aromatic carbocycles. The Morgan fingerprint density at radius 1 is 1.04 bits per heavy atom. The van der Waals surface area contributed by atoms with Gasteiger partial charge in [-0.2, -0.15) is 0 Å². The van der Waals surface area contributed by atoms with E-state index in [4.69, 9.17) is 0 Å². The van der Waals surface area contributed by atoms with Crippen molar-refractivity contribution >= 4 is 28.9 Å². The lowest BCUT2D eigenvalue weighted by molar-refractivity contribution is -0.385. The van der Waals surface area contributed by atoms with Crippen molar-refractivity contribution in [2.45, 2.75) is 13.3 Å². The SMILES string of the molecule is CC(=O)Nc1cccc(NC(=O)Cc2ccccc2[N+](=O)[O-])c1. The van der Waals surface area contributed by atoms with Gasteiger partial charge in [-0.05, 0) is 18.2 Å². The Labute approximate surface area is 132 Å². The number of anilines is 2. The second-order valence-corrected chi connectivity index (χ2v) is 4.87. The molecule has 2 amide bonds. The van der Waals surface area contributed by atoms with Crippen LogP contribution in [-0.4, -0.2) is 16.7 Å². The van der Waals surface area contributed by atoms with E-state index >= 15 is 0 Å². The average Bonchev–Trinajstić information content (AvgIpc) is 2.47. The minimum absolute atomic E-state index is 0.0883. The number of rotatable bonds is 5. The molecule has 0 saturated carbocycles. The number of para-hydroxylation sites is 1. The standard InChI is InChI=1S/C16H15N3O4/c1-11(20)17-13-6-4-7-14(10-13)18-16(21)9-12-5-2-3-8-15(12)19(22)23/h2-8,10H,9H2,1H3,(H,17,20)(H,18,21). The minimum atomic E-state index is -0.514. The molecule has 0 aliphatic rings.